The third kappa shape index (κ3) is 3.97. The molecular weight excluding hydrogens is 233 g/mol. The first kappa shape index (κ1) is 13.3. The summed E-state index contributed by atoms with van der Waals surface area (Å²) in [5, 5.41) is 2.55. The normalized spacial score (nSPS) is 11.3. The Labute approximate surface area is 96.8 Å². The van der Waals surface area contributed by atoms with E-state index in [-0.39, 0.29) is 11.6 Å². The third-order valence-electron chi connectivity index (χ3n) is 2.24. The van der Waals surface area contributed by atoms with Gasteiger partial charge in [-0.3, -0.25) is 4.79 Å². The van der Waals surface area contributed by atoms with E-state index < -0.39 is 11.7 Å². The highest BCUT2D eigenvalue weighted by Crippen LogP contribution is 2.31. The molecule has 0 saturated carbocycles. The van der Waals surface area contributed by atoms with Gasteiger partial charge in [0.15, 0.2) is 0 Å². The molecule has 0 aliphatic heterocycles. The van der Waals surface area contributed by atoms with Crippen LogP contribution in [0.2, 0.25) is 0 Å². The van der Waals surface area contributed by atoms with Crippen molar-refractivity contribution in [2.24, 2.45) is 0 Å². The molecule has 0 spiro atoms. The summed E-state index contributed by atoms with van der Waals surface area (Å²) in [7, 11) is 0. The number of hydrogen-bond donors (Lipinski definition) is 2. The van der Waals surface area contributed by atoms with E-state index >= 15 is 0 Å². The number of carbonyl (C=O) groups excluding carboxylic acids is 1. The highest BCUT2D eigenvalue weighted by atomic mass is 19.4. The Kier molecular flexibility index (Phi) is 3.98. The van der Waals surface area contributed by atoms with Crippen molar-refractivity contribution in [1.29, 1.82) is 0 Å². The fourth-order valence-corrected chi connectivity index (χ4v) is 1.37. The van der Waals surface area contributed by atoms with E-state index in [1.807, 2.05) is 0 Å². The minimum absolute atomic E-state index is 0.0881. The minimum Gasteiger partial charge on any atom is -0.398 e. The SMILES string of the molecule is CC(=O)NCCc1ccc(C(F)(F)F)cc1N. The van der Waals surface area contributed by atoms with Crippen LogP contribution in [0.5, 0.6) is 0 Å². The van der Waals surface area contributed by atoms with Crippen LogP contribution in [0.4, 0.5) is 18.9 Å². The summed E-state index contributed by atoms with van der Waals surface area (Å²) in [5.74, 6) is -0.185. The van der Waals surface area contributed by atoms with Crippen LogP contribution >= 0.6 is 0 Å². The minimum atomic E-state index is -4.38. The average molecular weight is 246 g/mol. The van der Waals surface area contributed by atoms with E-state index in [1.165, 1.54) is 13.0 Å². The molecule has 0 heterocycles. The van der Waals surface area contributed by atoms with E-state index in [0.29, 0.717) is 18.5 Å². The predicted molar refractivity (Wildman–Crippen MR) is 58.2 cm³/mol. The van der Waals surface area contributed by atoms with Gasteiger partial charge in [0, 0.05) is 19.2 Å². The lowest BCUT2D eigenvalue weighted by atomic mass is 10.1. The molecule has 0 atom stereocenters. The fourth-order valence-electron chi connectivity index (χ4n) is 1.37. The van der Waals surface area contributed by atoms with Gasteiger partial charge in [0.25, 0.3) is 0 Å². The number of rotatable bonds is 3. The quantitative estimate of drug-likeness (QED) is 0.801. The maximum Gasteiger partial charge on any atom is 0.416 e. The molecule has 1 aromatic rings. The van der Waals surface area contributed by atoms with E-state index in [9.17, 15) is 18.0 Å². The lowest BCUT2D eigenvalue weighted by molar-refractivity contribution is -0.137. The smallest absolute Gasteiger partial charge is 0.398 e. The zero-order chi connectivity index (χ0) is 13.1. The van der Waals surface area contributed by atoms with Crippen LogP contribution in [0.3, 0.4) is 0 Å². The lowest BCUT2D eigenvalue weighted by Crippen LogP contribution is -2.22. The van der Waals surface area contributed by atoms with Gasteiger partial charge in [-0.05, 0) is 24.1 Å². The first-order valence-electron chi connectivity index (χ1n) is 5.00. The number of benzene rings is 1. The number of alkyl halides is 3. The number of nitrogens with one attached hydrogen (secondary N) is 1. The molecule has 17 heavy (non-hydrogen) atoms. The van der Waals surface area contributed by atoms with Gasteiger partial charge in [-0.1, -0.05) is 6.07 Å². The highest BCUT2D eigenvalue weighted by molar-refractivity contribution is 5.72. The van der Waals surface area contributed by atoms with Crippen molar-refractivity contribution in [3.05, 3.63) is 29.3 Å². The summed E-state index contributed by atoms with van der Waals surface area (Å²) in [6, 6.07) is 3.22. The van der Waals surface area contributed by atoms with Crippen molar-refractivity contribution in [2.45, 2.75) is 19.5 Å². The maximum absolute atomic E-state index is 12.3. The van der Waals surface area contributed by atoms with Crippen LogP contribution in [0.15, 0.2) is 18.2 Å². The molecule has 0 aliphatic carbocycles. The van der Waals surface area contributed by atoms with Gasteiger partial charge in [-0.15, -0.1) is 0 Å². The number of halogens is 3. The van der Waals surface area contributed by atoms with Gasteiger partial charge in [-0.25, -0.2) is 0 Å². The van der Waals surface area contributed by atoms with Crippen LogP contribution in [-0.2, 0) is 17.4 Å². The monoisotopic (exact) mass is 246 g/mol. The molecule has 0 unspecified atom stereocenters. The standard InChI is InChI=1S/C11H13F3N2O/c1-7(17)16-5-4-8-2-3-9(6-10(8)15)11(12,13)14/h2-3,6H,4-5,15H2,1H3,(H,16,17). The van der Waals surface area contributed by atoms with Gasteiger partial charge in [0.2, 0.25) is 5.91 Å². The molecule has 0 saturated heterocycles. The lowest BCUT2D eigenvalue weighted by Gasteiger charge is -2.10. The molecule has 0 aliphatic rings. The Morgan fingerprint density at radius 3 is 2.53 bits per heavy atom. The van der Waals surface area contributed by atoms with E-state index in [2.05, 4.69) is 5.32 Å². The second kappa shape index (κ2) is 5.07. The van der Waals surface area contributed by atoms with Gasteiger partial charge in [-0.2, -0.15) is 13.2 Å². The molecule has 0 bridgehead atoms. The Balaban J connectivity index is 2.73. The summed E-state index contributed by atoms with van der Waals surface area (Å²) in [5.41, 5.74) is 5.43. The second-order valence-corrected chi connectivity index (χ2v) is 3.64. The Morgan fingerprint density at radius 1 is 1.41 bits per heavy atom. The molecule has 0 fully saturated rings. The summed E-state index contributed by atoms with van der Waals surface area (Å²) in [4.78, 5) is 10.6. The van der Waals surface area contributed by atoms with Crippen molar-refractivity contribution >= 4 is 11.6 Å². The number of nitrogens with two attached hydrogens (primary N) is 1. The van der Waals surface area contributed by atoms with Crippen molar-refractivity contribution in [3.63, 3.8) is 0 Å². The van der Waals surface area contributed by atoms with E-state index in [1.54, 1.807) is 0 Å². The molecule has 3 N–H and O–H groups in total. The first-order valence-corrected chi connectivity index (χ1v) is 5.00. The first-order chi connectivity index (χ1) is 7.80. The molecule has 6 heteroatoms. The third-order valence-corrected chi connectivity index (χ3v) is 2.24. The molecule has 0 radical (unpaired) electrons. The zero-order valence-electron chi connectivity index (χ0n) is 9.27. The highest BCUT2D eigenvalue weighted by Gasteiger charge is 2.30. The van der Waals surface area contributed by atoms with Crippen molar-refractivity contribution in [2.75, 3.05) is 12.3 Å². The molecule has 0 aromatic heterocycles. The number of nitrogen functional groups attached to an aromatic ring is 1. The molecule has 3 nitrogen and oxygen atoms in total. The number of hydrogen-bond acceptors (Lipinski definition) is 2. The second-order valence-electron chi connectivity index (χ2n) is 3.64. The predicted octanol–water partition coefficient (Wildman–Crippen LogP) is 1.97. The summed E-state index contributed by atoms with van der Waals surface area (Å²) < 4.78 is 37.0. The Bertz CT molecular complexity index is 416. The molecule has 1 rings (SSSR count). The van der Waals surface area contributed by atoms with Gasteiger partial charge in [0.05, 0.1) is 5.56 Å². The van der Waals surface area contributed by atoms with E-state index in [4.69, 9.17) is 5.73 Å². The Hall–Kier alpha value is -1.72. The molecule has 94 valence electrons. The van der Waals surface area contributed by atoms with Crippen molar-refractivity contribution in [3.8, 4) is 0 Å². The van der Waals surface area contributed by atoms with Crippen LogP contribution in [0, 0.1) is 0 Å². The van der Waals surface area contributed by atoms with Crippen LogP contribution in [0.25, 0.3) is 0 Å². The summed E-state index contributed by atoms with van der Waals surface area (Å²) in [6.07, 6.45) is -3.98. The van der Waals surface area contributed by atoms with Crippen LogP contribution in [0.1, 0.15) is 18.1 Å². The van der Waals surface area contributed by atoms with Crippen LogP contribution < -0.4 is 11.1 Å². The summed E-state index contributed by atoms with van der Waals surface area (Å²) >= 11 is 0. The van der Waals surface area contributed by atoms with E-state index in [0.717, 1.165) is 12.1 Å². The molecular formula is C11H13F3N2O. The average Bonchev–Trinajstić information content (AvgIpc) is 2.18. The fraction of sp³-hybridized carbons (Fsp3) is 0.364. The Morgan fingerprint density at radius 2 is 2.06 bits per heavy atom. The van der Waals surface area contributed by atoms with Crippen molar-refractivity contribution < 1.29 is 18.0 Å². The maximum atomic E-state index is 12.3. The van der Waals surface area contributed by atoms with Crippen molar-refractivity contribution in [1.82, 2.24) is 5.32 Å². The van der Waals surface area contributed by atoms with Gasteiger partial charge < -0.3 is 11.1 Å². The largest absolute Gasteiger partial charge is 0.416 e. The zero-order valence-corrected chi connectivity index (χ0v) is 9.27. The summed E-state index contributed by atoms with van der Waals surface area (Å²) in [6.45, 7) is 1.72. The topological polar surface area (TPSA) is 55.1 Å². The molecule has 1 amide bonds. The van der Waals surface area contributed by atoms with Crippen LogP contribution in [-0.4, -0.2) is 12.5 Å². The van der Waals surface area contributed by atoms with Gasteiger partial charge >= 0.3 is 6.18 Å². The number of amides is 1. The van der Waals surface area contributed by atoms with Gasteiger partial charge in [0.1, 0.15) is 0 Å². The number of anilines is 1. The number of carbonyl (C=O) groups is 1. The molecule has 1 aromatic carbocycles.